The first kappa shape index (κ1) is 20.9. The Morgan fingerprint density at radius 2 is 2.23 bits per heavy atom. The van der Waals surface area contributed by atoms with E-state index in [4.69, 9.17) is 4.74 Å². The SMILES string of the molecule is CC(=O)NC[C@H]1CN(c2ccc(N3C=NN(C4=NNC(=O)CS4)CC3)c(F)c2)C(=O)O1. The van der Waals surface area contributed by atoms with E-state index in [9.17, 15) is 18.8 Å². The molecule has 11 nitrogen and oxygen atoms in total. The van der Waals surface area contributed by atoms with Gasteiger partial charge in [0.05, 0.1) is 36.8 Å². The van der Waals surface area contributed by atoms with Gasteiger partial charge in [0, 0.05) is 13.5 Å². The van der Waals surface area contributed by atoms with Crippen LogP contribution in [0.15, 0.2) is 28.4 Å². The summed E-state index contributed by atoms with van der Waals surface area (Å²) in [5.41, 5.74) is 3.10. The van der Waals surface area contributed by atoms with Gasteiger partial charge in [-0.05, 0) is 18.2 Å². The molecule has 4 rings (SSSR count). The Kier molecular flexibility index (Phi) is 5.93. The van der Waals surface area contributed by atoms with E-state index in [0.29, 0.717) is 29.6 Å². The molecule has 1 aromatic carbocycles. The zero-order valence-electron chi connectivity index (χ0n) is 16.6. The van der Waals surface area contributed by atoms with E-state index in [2.05, 4.69) is 20.9 Å². The van der Waals surface area contributed by atoms with E-state index in [1.54, 1.807) is 22.0 Å². The molecule has 3 amide bonds. The average Bonchev–Trinajstić information content (AvgIpc) is 3.13. The molecule has 3 heterocycles. The Hall–Kier alpha value is -3.35. The fourth-order valence-corrected chi connectivity index (χ4v) is 3.92. The van der Waals surface area contributed by atoms with Crippen LogP contribution in [0.3, 0.4) is 0 Å². The zero-order chi connectivity index (χ0) is 22.0. The van der Waals surface area contributed by atoms with Crippen molar-refractivity contribution in [2.24, 2.45) is 10.2 Å². The molecular weight excluding hydrogens is 429 g/mol. The highest BCUT2D eigenvalue weighted by Gasteiger charge is 2.33. The van der Waals surface area contributed by atoms with Gasteiger partial charge in [0.25, 0.3) is 5.91 Å². The number of halogens is 1. The number of cyclic esters (lactones) is 1. The largest absolute Gasteiger partial charge is 0.442 e. The van der Waals surface area contributed by atoms with Crippen LogP contribution in [0.2, 0.25) is 0 Å². The molecule has 1 fully saturated rings. The molecule has 0 radical (unpaired) electrons. The molecule has 1 saturated heterocycles. The maximum atomic E-state index is 14.8. The number of nitrogens with zero attached hydrogens (tertiary/aromatic N) is 5. The first-order valence-corrected chi connectivity index (χ1v) is 10.5. The van der Waals surface area contributed by atoms with Crippen molar-refractivity contribution in [2.45, 2.75) is 13.0 Å². The van der Waals surface area contributed by atoms with Crippen LogP contribution < -0.4 is 20.5 Å². The first-order valence-electron chi connectivity index (χ1n) is 9.50. The molecule has 3 aliphatic rings. The molecule has 13 heteroatoms. The fraction of sp³-hybridized carbons (Fsp3) is 0.389. The van der Waals surface area contributed by atoms with Crippen LogP contribution in [0.5, 0.6) is 0 Å². The molecule has 164 valence electrons. The van der Waals surface area contributed by atoms with Gasteiger partial charge < -0.3 is 15.0 Å². The molecular formula is C18H20FN7O4S. The number of hydrazone groups is 2. The predicted molar refractivity (Wildman–Crippen MR) is 113 cm³/mol. The van der Waals surface area contributed by atoms with Crippen LogP contribution in [0.25, 0.3) is 0 Å². The van der Waals surface area contributed by atoms with Crippen molar-refractivity contribution in [3.8, 4) is 0 Å². The number of ether oxygens (including phenoxy) is 1. The Bertz CT molecular complexity index is 972. The van der Waals surface area contributed by atoms with Gasteiger partial charge in [-0.3, -0.25) is 14.5 Å². The molecule has 0 unspecified atom stereocenters. The lowest BCUT2D eigenvalue weighted by Gasteiger charge is -2.31. The summed E-state index contributed by atoms with van der Waals surface area (Å²) in [5.74, 6) is -0.616. The summed E-state index contributed by atoms with van der Waals surface area (Å²) in [6, 6.07) is 4.49. The van der Waals surface area contributed by atoms with Crippen molar-refractivity contribution < 1.29 is 23.5 Å². The maximum absolute atomic E-state index is 14.8. The standard InChI is InChI=1S/C18H20FN7O4S/c1-11(27)20-7-13-8-25(18(29)30-13)12-2-3-15(14(19)6-12)24-4-5-26(21-10-24)17-23-22-16(28)9-31-17/h2-3,6,10,13H,4-5,7-9H2,1H3,(H,20,27)(H,22,28)/t13-/m0/s1. The average molecular weight is 449 g/mol. The summed E-state index contributed by atoms with van der Waals surface area (Å²) in [6.45, 7) is 2.71. The highest BCUT2D eigenvalue weighted by molar-refractivity contribution is 8.14. The molecule has 0 aliphatic carbocycles. The lowest BCUT2D eigenvalue weighted by Crippen LogP contribution is -2.42. The van der Waals surface area contributed by atoms with Crippen LogP contribution in [0, 0.1) is 5.82 Å². The first-order chi connectivity index (χ1) is 14.9. The molecule has 0 saturated carbocycles. The number of anilines is 2. The van der Waals surface area contributed by atoms with Crippen LogP contribution in [-0.4, -0.2) is 72.5 Å². The lowest BCUT2D eigenvalue weighted by atomic mass is 10.2. The normalized spacial score (nSPS) is 21.0. The number of amidine groups is 1. The predicted octanol–water partition coefficient (Wildman–Crippen LogP) is 0.486. The van der Waals surface area contributed by atoms with Gasteiger partial charge in [-0.1, -0.05) is 11.8 Å². The molecule has 31 heavy (non-hydrogen) atoms. The minimum atomic E-state index is -0.587. The number of carbonyl (C=O) groups is 3. The van der Waals surface area contributed by atoms with Crippen molar-refractivity contribution in [1.29, 1.82) is 0 Å². The molecule has 1 atom stereocenters. The summed E-state index contributed by atoms with van der Waals surface area (Å²) in [6.07, 6.45) is 0.412. The number of hydrogen-bond donors (Lipinski definition) is 2. The zero-order valence-corrected chi connectivity index (χ0v) is 17.4. The number of rotatable bonds is 4. The van der Waals surface area contributed by atoms with Gasteiger partial charge in [0.1, 0.15) is 18.3 Å². The third-order valence-corrected chi connectivity index (χ3v) is 5.68. The minimum Gasteiger partial charge on any atom is -0.442 e. The topological polar surface area (TPSA) is 119 Å². The van der Waals surface area contributed by atoms with Gasteiger partial charge >= 0.3 is 6.09 Å². The monoisotopic (exact) mass is 449 g/mol. The number of benzene rings is 1. The number of amides is 3. The quantitative estimate of drug-likeness (QED) is 0.687. The number of thioether (sulfide) groups is 1. The molecule has 1 aromatic rings. The van der Waals surface area contributed by atoms with Gasteiger partial charge in [-0.2, -0.15) is 5.10 Å². The summed E-state index contributed by atoms with van der Waals surface area (Å²) < 4.78 is 20.0. The van der Waals surface area contributed by atoms with E-state index >= 15 is 0 Å². The molecule has 3 aliphatic heterocycles. The number of carbonyl (C=O) groups excluding carboxylic acids is 3. The van der Waals surface area contributed by atoms with E-state index < -0.39 is 18.0 Å². The second kappa shape index (κ2) is 8.79. The van der Waals surface area contributed by atoms with Crippen LogP contribution in [0.4, 0.5) is 20.6 Å². The number of hydrogen-bond acceptors (Lipinski definition) is 9. The van der Waals surface area contributed by atoms with Crippen molar-refractivity contribution in [3.63, 3.8) is 0 Å². The summed E-state index contributed by atoms with van der Waals surface area (Å²) in [4.78, 5) is 37.3. The van der Waals surface area contributed by atoms with Gasteiger partial charge in [-0.15, -0.1) is 5.10 Å². The molecule has 0 bridgehead atoms. The fourth-order valence-electron chi connectivity index (χ4n) is 3.20. The van der Waals surface area contributed by atoms with Crippen molar-refractivity contribution >= 4 is 52.6 Å². The van der Waals surface area contributed by atoms with Gasteiger partial charge in [0.2, 0.25) is 11.1 Å². The molecule has 2 N–H and O–H groups in total. The Labute approximate surface area is 181 Å². The van der Waals surface area contributed by atoms with Crippen LogP contribution in [-0.2, 0) is 14.3 Å². The number of nitrogens with one attached hydrogen (secondary N) is 2. The highest BCUT2D eigenvalue weighted by Crippen LogP contribution is 2.28. The van der Waals surface area contributed by atoms with Crippen LogP contribution >= 0.6 is 11.8 Å². The van der Waals surface area contributed by atoms with Gasteiger partial charge in [-0.25, -0.2) is 19.6 Å². The summed E-state index contributed by atoms with van der Waals surface area (Å²) >= 11 is 1.28. The van der Waals surface area contributed by atoms with Crippen LogP contribution in [0.1, 0.15) is 6.92 Å². The van der Waals surface area contributed by atoms with Crippen molar-refractivity contribution in [3.05, 3.63) is 24.0 Å². The van der Waals surface area contributed by atoms with E-state index in [1.165, 1.54) is 36.0 Å². The smallest absolute Gasteiger partial charge is 0.414 e. The minimum absolute atomic E-state index is 0.165. The van der Waals surface area contributed by atoms with Crippen molar-refractivity contribution in [2.75, 3.05) is 41.7 Å². The van der Waals surface area contributed by atoms with Gasteiger partial charge in [0.15, 0.2) is 0 Å². The van der Waals surface area contributed by atoms with E-state index in [0.717, 1.165) is 0 Å². The second-order valence-electron chi connectivity index (χ2n) is 6.95. The third kappa shape index (κ3) is 4.71. The Balaban J connectivity index is 1.41. The third-order valence-electron chi connectivity index (χ3n) is 4.72. The molecule has 0 spiro atoms. The van der Waals surface area contributed by atoms with E-state index in [-0.39, 0.29) is 30.7 Å². The highest BCUT2D eigenvalue weighted by atomic mass is 32.2. The summed E-state index contributed by atoms with van der Waals surface area (Å²) in [7, 11) is 0. The Morgan fingerprint density at radius 3 is 2.87 bits per heavy atom. The van der Waals surface area contributed by atoms with Crippen molar-refractivity contribution in [1.82, 2.24) is 15.8 Å². The molecule has 0 aromatic heterocycles. The second-order valence-corrected chi connectivity index (χ2v) is 7.90. The Morgan fingerprint density at radius 1 is 1.39 bits per heavy atom. The lowest BCUT2D eigenvalue weighted by molar-refractivity contribution is -0.119. The summed E-state index contributed by atoms with van der Waals surface area (Å²) in [5, 5.41) is 13.1. The van der Waals surface area contributed by atoms with E-state index in [1.807, 2.05) is 0 Å². The maximum Gasteiger partial charge on any atom is 0.414 e.